The highest BCUT2D eigenvalue weighted by molar-refractivity contribution is 5.99. The third kappa shape index (κ3) is 7.39. The van der Waals surface area contributed by atoms with Crippen molar-refractivity contribution >= 4 is 23.5 Å². The maximum Gasteiger partial charge on any atom is 0.328 e. The van der Waals surface area contributed by atoms with Gasteiger partial charge in [-0.15, -0.1) is 0 Å². The first-order chi connectivity index (χ1) is 18.5. The number of methoxy groups -OCH3 is 1. The maximum atomic E-state index is 14.8. The number of rotatable bonds is 8. The number of carbonyl (C=O) groups is 2. The van der Waals surface area contributed by atoms with Gasteiger partial charge < -0.3 is 20.3 Å². The molecule has 0 bridgehead atoms. The Bertz CT molecular complexity index is 1400. The van der Waals surface area contributed by atoms with Gasteiger partial charge in [0.15, 0.2) is 0 Å². The molecule has 3 aromatic carbocycles. The quantitative estimate of drug-likeness (QED) is 0.244. The van der Waals surface area contributed by atoms with E-state index in [1.807, 2.05) is 57.2 Å². The van der Waals surface area contributed by atoms with E-state index in [1.165, 1.54) is 33.1 Å². The molecule has 0 aliphatic heterocycles. The predicted molar refractivity (Wildman–Crippen MR) is 152 cm³/mol. The van der Waals surface area contributed by atoms with E-state index in [-0.39, 0.29) is 23.8 Å². The third-order valence-electron chi connectivity index (χ3n) is 5.90. The molecule has 0 aliphatic carbocycles. The average Bonchev–Trinajstić information content (AvgIpc) is 2.92. The van der Waals surface area contributed by atoms with E-state index in [2.05, 4.69) is 16.9 Å². The topological polar surface area (TPSA) is 108 Å². The number of aliphatic hydroxyl groups is 1. The van der Waals surface area contributed by atoms with Crippen molar-refractivity contribution in [2.75, 3.05) is 7.11 Å². The van der Waals surface area contributed by atoms with Crippen LogP contribution in [0.3, 0.4) is 0 Å². The van der Waals surface area contributed by atoms with Gasteiger partial charge in [-0.05, 0) is 67.3 Å². The predicted octanol–water partition coefficient (Wildman–Crippen LogP) is 5.98. The van der Waals surface area contributed by atoms with Crippen LogP contribution in [0.25, 0.3) is 16.8 Å². The van der Waals surface area contributed by atoms with Gasteiger partial charge in [-0.1, -0.05) is 56.8 Å². The van der Waals surface area contributed by atoms with Crippen molar-refractivity contribution < 1.29 is 28.9 Å². The van der Waals surface area contributed by atoms with Crippen LogP contribution in [-0.2, 0) is 16.1 Å². The zero-order chi connectivity index (χ0) is 29.3. The second-order valence-electron chi connectivity index (χ2n) is 8.99. The van der Waals surface area contributed by atoms with Crippen LogP contribution >= 0.6 is 0 Å². The first-order valence-corrected chi connectivity index (χ1v) is 12.5. The second-order valence-corrected chi connectivity index (χ2v) is 8.99. The fraction of sp³-hybridized carbons (Fsp3) is 0.258. The first-order valence-electron chi connectivity index (χ1n) is 12.5. The fourth-order valence-corrected chi connectivity index (χ4v) is 3.69. The van der Waals surface area contributed by atoms with Crippen LogP contribution in [0.1, 0.15) is 60.3 Å². The normalized spacial score (nSPS) is 11.2. The Morgan fingerprint density at radius 1 is 1.03 bits per heavy atom. The van der Waals surface area contributed by atoms with Crippen LogP contribution in [0.2, 0.25) is 0 Å². The first kappa shape index (κ1) is 30.9. The lowest BCUT2D eigenvalue weighted by atomic mass is 9.94. The van der Waals surface area contributed by atoms with E-state index in [1.54, 1.807) is 6.07 Å². The van der Waals surface area contributed by atoms with Gasteiger partial charge >= 0.3 is 5.97 Å². The van der Waals surface area contributed by atoms with Gasteiger partial charge in [0, 0.05) is 11.1 Å². The van der Waals surface area contributed by atoms with E-state index in [0.717, 1.165) is 22.8 Å². The highest BCUT2D eigenvalue weighted by Gasteiger charge is 2.30. The summed E-state index contributed by atoms with van der Waals surface area (Å²) in [5, 5.41) is 21.5. The zero-order valence-corrected chi connectivity index (χ0v) is 23.1. The maximum absolute atomic E-state index is 14.8. The Hall–Kier alpha value is -4.30. The molecular weight excluding hydrogens is 499 g/mol. The molecule has 206 valence electrons. The van der Waals surface area contributed by atoms with E-state index in [0.29, 0.717) is 16.7 Å². The molecule has 0 atom stereocenters. The SMILES string of the molecule is C=C(N=C(OC)c1ccc(-c2ccccc2C)c(CO)c1)c1ccc(C(=O)NC(C)(C)C(=O)O)c(F)c1.CC. The number of aliphatic imine (C=N–C) groups is 1. The van der Waals surface area contributed by atoms with Crippen molar-refractivity contribution in [3.05, 3.63) is 101 Å². The summed E-state index contributed by atoms with van der Waals surface area (Å²) in [6.45, 7) is 12.3. The summed E-state index contributed by atoms with van der Waals surface area (Å²) in [5.74, 6) is -2.74. The molecule has 0 radical (unpaired) electrons. The number of hydrogen-bond acceptors (Lipinski definition) is 5. The van der Waals surface area contributed by atoms with Gasteiger partial charge in [0.25, 0.3) is 5.91 Å². The van der Waals surface area contributed by atoms with Crippen LogP contribution in [-0.4, -0.2) is 40.6 Å². The monoisotopic (exact) mass is 534 g/mol. The van der Waals surface area contributed by atoms with E-state index in [9.17, 15) is 24.2 Å². The molecule has 8 heteroatoms. The largest absolute Gasteiger partial charge is 0.481 e. The lowest BCUT2D eigenvalue weighted by Gasteiger charge is -2.21. The number of aliphatic hydroxyl groups excluding tert-OH is 1. The second kappa shape index (κ2) is 13.5. The minimum Gasteiger partial charge on any atom is -0.481 e. The van der Waals surface area contributed by atoms with Crippen molar-refractivity contribution in [1.29, 1.82) is 0 Å². The Morgan fingerprint density at radius 2 is 1.67 bits per heavy atom. The number of halogens is 1. The van der Waals surface area contributed by atoms with Gasteiger partial charge in [0.2, 0.25) is 5.90 Å². The number of carboxylic acids is 1. The van der Waals surface area contributed by atoms with Gasteiger partial charge in [0.1, 0.15) is 11.4 Å². The Labute approximate surface area is 228 Å². The standard InChI is InChI=1S/C29H29FN2O5.C2H6/c1-17-8-6-7-9-22(17)23-12-11-20(14-21(23)16-33)27(37-5)31-18(2)19-10-13-24(25(30)15-19)26(34)32-29(3,4)28(35)36;1-2/h6-15,33H,2,16H2,1,3-5H3,(H,32,34)(H,35,36);1-2H3. The lowest BCUT2D eigenvalue weighted by Crippen LogP contribution is -2.49. The van der Waals surface area contributed by atoms with E-state index in [4.69, 9.17) is 4.74 Å². The number of ether oxygens (including phenoxy) is 1. The van der Waals surface area contributed by atoms with Gasteiger partial charge in [-0.2, -0.15) is 0 Å². The summed E-state index contributed by atoms with van der Waals surface area (Å²) in [6, 6.07) is 17.1. The number of hydrogen-bond donors (Lipinski definition) is 3. The van der Waals surface area contributed by atoms with Crippen LogP contribution in [0.15, 0.2) is 72.2 Å². The zero-order valence-electron chi connectivity index (χ0n) is 23.1. The third-order valence-corrected chi connectivity index (χ3v) is 5.90. The van der Waals surface area contributed by atoms with Crippen molar-refractivity contribution in [1.82, 2.24) is 5.32 Å². The van der Waals surface area contributed by atoms with Crippen LogP contribution in [0.5, 0.6) is 0 Å². The summed E-state index contributed by atoms with van der Waals surface area (Å²) in [4.78, 5) is 28.0. The number of carboxylic acid groups (broad SMARTS) is 1. The Kier molecular flexibility index (Phi) is 10.7. The number of aliphatic carboxylic acids is 1. The van der Waals surface area contributed by atoms with E-state index >= 15 is 0 Å². The number of aryl methyl sites for hydroxylation is 1. The average molecular weight is 535 g/mol. The number of benzene rings is 3. The molecular formula is C31H35FN2O5. The molecule has 39 heavy (non-hydrogen) atoms. The van der Waals surface area contributed by atoms with Gasteiger partial charge in [-0.3, -0.25) is 4.79 Å². The molecule has 0 heterocycles. The summed E-state index contributed by atoms with van der Waals surface area (Å²) < 4.78 is 20.2. The van der Waals surface area contributed by atoms with Crippen molar-refractivity contribution in [3.8, 4) is 11.1 Å². The van der Waals surface area contributed by atoms with E-state index < -0.39 is 23.2 Å². The molecule has 3 rings (SSSR count). The smallest absolute Gasteiger partial charge is 0.328 e. The summed E-state index contributed by atoms with van der Waals surface area (Å²) in [7, 11) is 1.44. The number of carbonyl (C=O) groups excluding carboxylic acids is 1. The Morgan fingerprint density at radius 3 is 2.23 bits per heavy atom. The Balaban J connectivity index is 0.00000260. The molecule has 3 N–H and O–H groups in total. The fourth-order valence-electron chi connectivity index (χ4n) is 3.69. The molecule has 0 aromatic heterocycles. The molecule has 3 aromatic rings. The number of nitrogens with one attached hydrogen (secondary N) is 1. The molecule has 0 spiro atoms. The highest BCUT2D eigenvalue weighted by atomic mass is 19.1. The minimum atomic E-state index is -1.56. The molecule has 0 saturated heterocycles. The van der Waals surface area contributed by atoms with Crippen molar-refractivity contribution in [2.45, 2.75) is 46.8 Å². The van der Waals surface area contributed by atoms with Crippen LogP contribution in [0, 0.1) is 12.7 Å². The van der Waals surface area contributed by atoms with Crippen LogP contribution in [0.4, 0.5) is 4.39 Å². The van der Waals surface area contributed by atoms with Gasteiger partial charge in [-0.25, -0.2) is 14.2 Å². The number of amides is 1. The molecule has 0 aliphatic rings. The molecule has 1 amide bonds. The molecule has 0 unspecified atom stereocenters. The highest BCUT2D eigenvalue weighted by Crippen LogP contribution is 2.28. The van der Waals surface area contributed by atoms with Crippen LogP contribution < -0.4 is 5.32 Å². The van der Waals surface area contributed by atoms with Crippen molar-refractivity contribution in [3.63, 3.8) is 0 Å². The number of nitrogens with zero attached hydrogens (tertiary/aromatic N) is 1. The molecule has 0 saturated carbocycles. The minimum absolute atomic E-state index is 0.183. The summed E-state index contributed by atoms with van der Waals surface area (Å²) >= 11 is 0. The van der Waals surface area contributed by atoms with Gasteiger partial charge in [0.05, 0.1) is 25.0 Å². The van der Waals surface area contributed by atoms with Crippen molar-refractivity contribution in [2.24, 2.45) is 4.99 Å². The summed E-state index contributed by atoms with van der Waals surface area (Å²) in [5.41, 5.74) is 2.87. The molecule has 0 fully saturated rings. The molecule has 7 nitrogen and oxygen atoms in total. The lowest BCUT2D eigenvalue weighted by molar-refractivity contribution is -0.143. The summed E-state index contributed by atoms with van der Waals surface area (Å²) in [6.07, 6.45) is 0.